The first-order valence-corrected chi connectivity index (χ1v) is 6.15. The number of aliphatic hydroxyl groups is 1. The van der Waals surface area contributed by atoms with Gasteiger partial charge in [0.15, 0.2) is 0 Å². The van der Waals surface area contributed by atoms with Gasteiger partial charge in [-0.2, -0.15) is 0 Å². The molecule has 0 heterocycles. The normalized spacial score (nSPS) is 15.6. The van der Waals surface area contributed by atoms with Gasteiger partial charge >= 0.3 is 0 Å². The number of hydrogen-bond acceptors (Lipinski definition) is 3. The van der Waals surface area contributed by atoms with Gasteiger partial charge in [-0.1, -0.05) is 0 Å². The number of aliphatic hydroxyl groups excluding tert-OH is 1. The average Bonchev–Trinajstić information content (AvgIpc) is 2.25. The van der Waals surface area contributed by atoms with Crippen molar-refractivity contribution in [1.29, 1.82) is 0 Å². The summed E-state index contributed by atoms with van der Waals surface area (Å²) in [6, 6.07) is 4.93. The van der Waals surface area contributed by atoms with E-state index in [0.29, 0.717) is 18.2 Å². The Morgan fingerprint density at radius 2 is 2.18 bits per heavy atom. The van der Waals surface area contributed by atoms with Gasteiger partial charge in [0.2, 0.25) is 0 Å². The Balaban J connectivity index is 2.20. The highest BCUT2D eigenvalue weighted by Crippen LogP contribution is 2.33. The van der Waals surface area contributed by atoms with Crippen molar-refractivity contribution in [3.05, 3.63) is 24.0 Å². The summed E-state index contributed by atoms with van der Waals surface area (Å²) in [5, 5.41) is 8.93. The molecule has 0 atom stereocenters. The molecule has 1 aliphatic carbocycles. The van der Waals surface area contributed by atoms with Gasteiger partial charge in [-0.05, 0) is 43.9 Å². The van der Waals surface area contributed by atoms with Crippen molar-refractivity contribution in [3.8, 4) is 0 Å². The van der Waals surface area contributed by atoms with E-state index < -0.39 is 0 Å². The number of hydrogen-bond donors (Lipinski definition) is 2. The molecule has 1 fully saturated rings. The van der Waals surface area contributed by atoms with Crippen molar-refractivity contribution in [3.63, 3.8) is 0 Å². The molecule has 1 aromatic rings. The van der Waals surface area contributed by atoms with Gasteiger partial charge in [-0.15, -0.1) is 0 Å². The van der Waals surface area contributed by atoms with Crippen LogP contribution in [0.25, 0.3) is 0 Å². The summed E-state index contributed by atoms with van der Waals surface area (Å²) >= 11 is 0. The number of nitrogens with zero attached hydrogens (tertiary/aromatic N) is 1. The van der Waals surface area contributed by atoms with Gasteiger partial charge in [0, 0.05) is 19.2 Å². The molecule has 0 radical (unpaired) electrons. The molecule has 0 aromatic heterocycles. The molecule has 0 bridgehead atoms. The zero-order chi connectivity index (χ0) is 12.3. The number of nitrogens with two attached hydrogens (primary N) is 1. The van der Waals surface area contributed by atoms with Gasteiger partial charge in [-0.25, -0.2) is 4.39 Å². The molecule has 2 rings (SSSR count). The van der Waals surface area contributed by atoms with Crippen LogP contribution in [-0.2, 0) is 0 Å². The summed E-state index contributed by atoms with van der Waals surface area (Å²) in [5.41, 5.74) is 7.28. The van der Waals surface area contributed by atoms with Gasteiger partial charge in [0.05, 0.1) is 11.4 Å². The lowest BCUT2D eigenvalue weighted by atomic mass is 9.90. The summed E-state index contributed by atoms with van der Waals surface area (Å²) in [4.78, 5) is 2.14. The minimum Gasteiger partial charge on any atom is -0.397 e. The van der Waals surface area contributed by atoms with Gasteiger partial charge in [0.25, 0.3) is 0 Å². The predicted octanol–water partition coefficient (Wildman–Crippen LogP) is 2.15. The Morgan fingerprint density at radius 1 is 1.41 bits per heavy atom. The first-order chi connectivity index (χ1) is 8.22. The van der Waals surface area contributed by atoms with Crippen LogP contribution in [0.1, 0.15) is 25.7 Å². The van der Waals surface area contributed by atoms with Crippen LogP contribution in [0, 0.1) is 5.82 Å². The fourth-order valence-corrected chi connectivity index (χ4v) is 2.20. The van der Waals surface area contributed by atoms with Crippen molar-refractivity contribution in [1.82, 2.24) is 0 Å². The number of benzene rings is 1. The van der Waals surface area contributed by atoms with Crippen LogP contribution in [-0.4, -0.2) is 24.3 Å². The van der Waals surface area contributed by atoms with Crippen molar-refractivity contribution < 1.29 is 9.50 Å². The lowest BCUT2D eigenvalue weighted by Crippen LogP contribution is -2.41. The molecule has 3 nitrogen and oxygen atoms in total. The van der Waals surface area contributed by atoms with Gasteiger partial charge < -0.3 is 15.7 Å². The summed E-state index contributed by atoms with van der Waals surface area (Å²) in [7, 11) is 0. The van der Waals surface area contributed by atoms with Crippen LogP contribution in [0.5, 0.6) is 0 Å². The fourth-order valence-electron chi connectivity index (χ4n) is 2.20. The zero-order valence-corrected chi connectivity index (χ0v) is 9.90. The standard InChI is InChI=1S/C13H19FN2O/c14-10-5-6-12(15)13(9-10)16(7-2-8-17)11-3-1-4-11/h5-6,9,11,17H,1-4,7-8,15H2. The highest BCUT2D eigenvalue weighted by Gasteiger charge is 2.26. The summed E-state index contributed by atoms with van der Waals surface area (Å²) < 4.78 is 13.3. The molecule has 4 heteroatoms. The fraction of sp³-hybridized carbons (Fsp3) is 0.538. The Morgan fingerprint density at radius 3 is 2.76 bits per heavy atom. The average molecular weight is 238 g/mol. The Bertz CT molecular complexity index is 380. The second kappa shape index (κ2) is 5.36. The third kappa shape index (κ3) is 2.69. The highest BCUT2D eigenvalue weighted by atomic mass is 19.1. The highest BCUT2D eigenvalue weighted by molar-refractivity contribution is 5.68. The van der Waals surface area contributed by atoms with Crippen LogP contribution in [0.15, 0.2) is 18.2 Å². The third-order valence-electron chi connectivity index (χ3n) is 3.37. The quantitative estimate of drug-likeness (QED) is 0.773. The van der Waals surface area contributed by atoms with E-state index in [4.69, 9.17) is 10.8 Å². The molecule has 1 aliphatic rings. The van der Waals surface area contributed by atoms with Crippen LogP contribution in [0.4, 0.5) is 15.8 Å². The van der Waals surface area contributed by atoms with Gasteiger partial charge in [-0.3, -0.25) is 0 Å². The lowest BCUT2D eigenvalue weighted by molar-refractivity contribution is 0.283. The third-order valence-corrected chi connectivity index (χ3v) is 3.37. The lowest BCUT2D eigenvalue weighted by Gasteiger charge is -2.39. The molecule has 0 aliphatic heterocycles. The molecular weight excluding hydrogens is 219 g/mol. The second-order valence-corrected chi connectivity index (χ2v) is 4.56. The van der Waals surface area contributed by atoms with E-state index in [1.165, 1.54) is 18.6 Å². The zero-order valence-electron chi connectivity index (χ0n) is 9.90. The maximum atomic E-state index is 13.3. The molecule has 3 N–H and O–H groups in total. The molecule has 0 unspecified atom stereocenters. The molecule has 0 saturated heterocycles. The molecule has 0 amide bonds. The van der Waals surface area contributed by atoms with Crippen molar-refractivity contribution >= 4 is 11.4 Å². The SMILES string of the molecule is Nc1ccc(F)cc1N(CCCO)C1CCC1. The summed E-state index contributed by atoms with van der Waals surface area (Å²) in [6.07, 6.45) is 4.16. The minimum absolute atomic E-state index is 0.151. The Hall–Kier alpha value is -1.29. The molecule has 1 aromatic carbocycles. The first-order valence-electron chi connectivity index (χ1n) is 6.15. The van der Waals surface area contributed by atoms with E-state index >= 15 is 0 Å². The van der Waals surface area contributed by atoms with Crippen LogP contribution in [0.3, 0.4) is 0 Å². The van der Waals surface area contributed by atoms with E-state index in [0.717, 1.165) is 25.1 Å². The maximum absolute atomic E-state index is 13.3. The monoisotopic (exact) mass is 238 g/mol. The molecule has 0 spiro atoms. The van der Waals surface area contributed by atoms with Crippen LogP contribution >= 0.6 is 0 Å². The van der Waals surface area contributed by atoms with Crippen molar-refractivity contribution in [2.75, 3.05) is 23.8 Å². The van der Waals surface area contributed by atoms with Crippen LogP contribution in [0.2, 0.25) is 0 Å². The largest absolute Gasteiger partial charge is 0.397 e. The predicted molar refractivity (Wildman–Crippen MR) is 67.5 cm³/mol. The van der Waals surface area contributed by atoms with E-state index in [9.17, 15) is 4.39 Å². The first kappa shape index (κ1) is 12.2. The smallest absolute Gasteiger partial charge is 0.125 e. The molecule has 17 heavy (non-hydrogen) atoms. The molecular formula is C13H19FN2O. The number of rotatable bonds is 5. The van der Waals surface area contributed by atoms with Crippen molar-refractivity contribution in [2.45, 2.75) is 31.7 Å². The number of nitrogen functional groups attached to an aromatic ring is 1. The molecule has 1 saturated carbocycles. The summed E-state index contributed by atoms with van der Waals surface area (Å²) in [6.45, 7) is 0.882. The molecule has 94 valence electrons. The second-order valence-electron chi connectivity index (χ2n) is 4.56. The van der Waals surface area contributed by atoms with Crippen molar-refractivity contribution in [2.24, 2.45) is 0 Å². The number of anilines is 2. The number of halogens is 1. The maximum Gasteiger partial charge on any atom is 0.125 e. The van der Waals surface area contributed by atoms with E-state index in [-0.39, 0.29) is 12.4 Å². The topological polar surface area (TPSA) is 49.5 Å². The van der Waals surface area contributed by atoms with E-state index in [2.05, 4.69) is 4.90 Å². The Kier molecular flexibility index (Phi) is 3.84. The van der Waals surface area contributed by atoms with E-state index in [1.807, 2.05) is 0 Å². The van der Waals surface area contributed by atoms with E-state index in [1.54, 1.807) is 6.07 Å². The Labute approximate surface area is 101 Å². The van der Waals surface area contributed by atoms with Crippen LogP contribution < -0.4 is 10.6 Å². The minimum atomic E-state index is -0.262. The van der Waals surface area contributed by atoms with Gasteiger partial charge in [0.1, 0.15) is 5.82 Å². The summed E-state index contributed by atoms with van der Waals surface area (Å²) in [5.74, 6) is -0.262.